The minimum absolute atomic E-state index is 0.103. The quantitative estimate of drug-likeness (QED) is 0.798. The fraction of sp³-hybridized carbons (Fsp3) is 0.500. The first-order valence-corrected chi connectivity index (χ1v) is 5.35. The second-order valence-electron chi connectivity index (χ2n) is 3.87. The van der Waals surface area contributed by atoms with E-state index < -0.39 is 6.36 Å². The van der Waals surface area contributed by atoms with Crippen LogP contribution in [0.25, 0.3) is 0 Å². The van der Waals surface area contributed by atoms with Crippen molar-refractivity contribution in [2.75, 3.05) is 6.61 Å². The van der Waals surface area contributed by atoms with Gasteiger partial charge in [-0.1, -0.05) is 13.8 Å². The minimum atomic E-state index is -4.68. The maximum absolute atomic E-state index is 12.1. The van der Waals surface area contributed by atoms with Crippen molar-refractivity contribution in [1.29, 1.82) is 0 Å². The zero-order valence-electron chi connectivity index (χ0n) is 9.97. The van der Waals surface area contributed by atoms with Gasteiger partial charge in [-0.05, 0) is 30.5 Å². The zero-order valence-corrected chi connectivity index (χ0v) is 9.97. The van der Waals surface area contributed by atoms with Crippen LogP contribution in [0.2, 0.25) is 0 Å². The van der Waals surface area contributed by atoms with Crippen molar-refractivity contribution in [3.63, 3.8) is 0 Å². The molecular weight excluding hydrogens is 233 g/mol. The van der Waals surface area contributed by atoms with Crippen molar-refractivity contribution < 1.29 is 22.6 Å². The Kier molecular flexibility index (Phi) is 4.26. The first kappa shape index (κ1) is 13.7. The minimum Gasteiger partial charge on any atom is -0.494 e. The zero-order chi connectivity index (χ0) is 13.1. The standard InChI is InChI=1S/C12H15F3O2/c1-4-16-10-5-9(8(2)3)6-11(7-10)17-12(13,14)15/h5-8H,4H2,1-3H3. The van der Waals surface area contributed by atoms with Gasteiger partial charge in [0.2, 0.25) is 0 Å². The van der Waals surface area contributed by atoms with Gasteiger partial charge in [0, 0.05) is 6.07 Å². The molecule has 0 aromatic heterocycles. The lowest BCUT2D eigenvalue weighted by molar-refractivity contribution is -0.274. The number of ether oxygens (including phenoxy) is 2. The van der Waals surface area contributed by atoms with Crippen molar-refractivity contribution in [2.24, 2.45) is 0 Å². The smallest absolute Gasteiger partial charge is 0.494 e. The number of halogens is 3. The van der Waals surface area contributed by atoms with E-state index >= 15 is 0 Å². The van der Waals surface area contributed by atoms with Crippen LogP contribution in [0, 0.1) is 0 Å². The van der Waals surface area contributed by atoms with E-state index in [0.29, 0.717) is 12.4 Å². The van der Waals surface area contributed by atoms with Gasteiger partial charge in [-0.3, -0.25) is 0 Å². The number of hydrogen-bond acceptors (Lipinski definition) is 2. The fourth-order valence-corrected chi connectivity index (χ4v) is 1.37. The number of rotatable bonds is 4. The van der Waals surface area contributed by atoms with Crippen LogP contribution >= 0.6 is 0 Å². The van der Waals surface area contributed by atoms with Crippen LogP contribution in [0.4, 0.5) is 13.2 Å². The summed E-state index contributed by atoms with van der Waals surface area (Å²) in [5.74, 6) is 0.246. The molecule has 0 heterocycles. The molecule has 0 aliphatic heterocycles. The van der Waals surface area contributed by atoms with Crippen molar-refractivity contribution in [1.82, 2.24) is 0 Å². The predicted octanol–water partition coefficient (Wildman–Crippen LogP) is 4.11. The second kappa shape index (κ2) is 5.29. The third-order valence-corrected chi connectivity index (χ3v) is 2.11. The highest BCUT2D eigenvalue weighted by molar-refractivity contribution is 5.39. The van der Waals surface area contributed by atoms with Gasteiger partial charge < -0.3 is 9.47 Å². The van der Waals surface area contributed by atoms with Crippen LogP contribution in [-0.4, -0.2) is 13.0 Å². The maximum Gasteiger partial charge on any atom is 0.573 e. The van der Waals surface area contributed by atoms with Crippen LogP contribution in [0.3, 0.4) is 0 Å². The molecule has 0 N–H and O–H groups in total. The summed E-state index contributed by atoms with van der Waals surface area (Å²) in [6.45, 7) is 5.95. The van der Waals surface area contributed by atoms with Crippen molar-refractivity contribution in [2.45, 2.75) is 33.1 Å². The lowest BCUT2D eigenvalue weighted by atomic mass is 10.0. The summed E-state index contributed by atoms with van der Waals surface area (Å²) in [6, 6.07) is 4.33. The van der Waals surface area contributed by atoms with Gasteiger partial charge >= 0.3 is 6.36 Å². The molecule has 1 aromatic rings. The molecule has 0 aliphatic rings. The Morgan fingerprint density at radius 2 is 1.71 bits per heavy atom. The van der Waals surface area contributed by atoms with Crippen molar-refractivity contribution >= 4 is 0 Å². The summed E-state index contributed by atoms with van der Waals surface area (Å²) in [7, 11) is 0. The van der Waals surface area contributed by atoms with Crippen LogP contribution in [0.15, 0.2) is 18.2 Å². The first-order chi connectivity index (χ1) is 7.81. The molecule has 0 saturated carbocycles. The normalized spacial score (nSPS) is 11.7. The Hall–Kier alpha value is -1.39. The van der Waals surface area contributed by atoms with Crippen LogP contribution in [-0.2, 0) is 0 Å². The molecule has 0 bridgehead atoms. The highest BCUT2D eigenvalue weighted by atomic mass is 19.4. The Bertz CT molecular complexity index is 373. The molecule has 0 fully saturated rings. The van der Waals surface area contributed by atoms with Crippen LogP contribution < -0.4 is 9.47 Å². The number of alkyl halides is 3. The molecule has 2 nitrogen and oxygen atoms in total. The number of benzene rings is 1. The lowest BCUT2D eigenvalue weighted by Crippen LogP contribution is -2.17. The summed E-state index contributed by atoms with van der Waals surface area (Å²) in [6.07, 6.45) is -4.68. The molecule has 5 heteroatoms. The average molecular weight is 248 g/mol. The Balaban J connectivity index is 3.03. The van der Waals surface area contributed by atoms with Crippen molar-refractivity contribution in [3.05, 3.63) is 23.8 Å². The van der Waals surface area contributed by atoms with E-state index in [1.807, 2.05) is 13.8 Å². The molecule has 17 heavy (non-hydrogen) atoms. The molecule has 1 aromatic carbocycles. The monoisotopic (exact) mass is 248 g/mol. The summed E-state index contributed by atoms with van der Waals surface area (Å²) in [5, 5.41) is 0. The maximum atomic E-state index is 12.1. The van der Waals surface area contributed by atoms with Gasteiger partial charge in [-0.25, -0.2) is 0 Å². The van der Waals surface area contributed by atoms with E-state index in [1.165, 1.54) is 12.1 Å². The van der Waals surface area contributed by atoms with Gasteiger partial charge in [-0.2, -0.15) is 0 Å². The van der Waals surface area contributed by atoms with E-state index in [1.54, 1.807) is 13.0 Å². The van der Waals surface area contributed by atoms with Gasteiger partial charge in [0.05, 0.1) is 6.61 Å². The molecule has 0 atom stereocenters. The van der Waals surface area contributed by atoms with Crippen molar-refractivity contribution in [3.8, 4) is 11.5 Å². The van der Waals surface area contributed by atoms with Gasteiger partial charge in [-0.15, -0.1) is 13.2 Å². The predicted molar refractivity (Wildman–Crippen MR) is 58.4 cm³/mol. The van der Waals surface area contributed by atoms with E-state index in [-0.39, 0.29) is 11.7 Å². The molecule has 0 amide bonds. The molecular formula is C12H15F3O2. The Morgan fingerprint density at radius 1 is 1.12 bits per heavy atom. The van der Waals surface area contributed by atoms with E-state index in [9.17, 15) is 13.2 Å². The molecule has 0 radical (unpaired) electrons. The summed E-state index contributed by atoms with van der Waals surface area (Å²) in [5.41, 5.74) is 0.746. The molecule has 1 rings (SSSR count). The van der Waals surface area contributed by atoms with Gasteiger partial charge in [0.15, 0.2) is 0 Å². The third kappa shape index (κ3) is 4.54. The molecule has 0 saturated heterocycles. The van der Waals surface area contributed by atoms with Gasteiger partial charge in [0.25, 0.3) is 0 Å². The van der Waals surface area contributed by atoms with E-state index in [0.717, 1.165) is 5.56 Å². The highest BCUT2D eigenvalue weighted by Gasteiger charge is 2.31. The highest BCUT2D eigenvalue weighted by Crippen LogP contribution is 2.30. The van der Waals surface area contributed by atoms with Crippen LogP contribution in [0.5, 0.6) is 11.5 Å². The fourth-order valence-electron chi connectivity index (χ4n) is 1.37. The average Bonchev–Trinajstić information content (AvgIpc) is 2.14. The molecule has 0 spiro atoms. The topological polar surface area (TPSA) is 18.5 Å². The number of hydrogen-bond donors (Lipinski definition) is 0. The van der Waals surface area contributed by atoms with E-state index in [2.05, 4.69) is 4.74 Å². The Labute approximate surface area is 98.3 Å². The van der Waals surface area contributed by atoms with E-state index in [4.69, 9.17) is 4.74 Å². The third-order valence-electron chi connectivity index (χ3n) is 2.11. The van der Waals surface area contributed by atoms with Crippen LogP contribution in [0.1, 0.15) is 32.3 Å². The summed E-state index contributed by atoms with van der Waals surface area (Å²) in [4.78, 5) is 0. The first-order valence-electron chi connectivity index (χ1n) is 5.35. The molecule has 0 unspecified atom stereocenters. The SMILES string of the molecule is CCOc1cc(OC(F)(F)F)cc(C(C)C)c1. The molecule has 0 aliphatic carbocycles. The lowest BCUT2D eigenvalue weighted by Gasteiger charge is -2.14. The largest absolute Gasteiger partial charge is 0.573 e. The summed E-state index contributed by atoms with van der Waals surface area (Å²) < 4.78 is 45.5. The molecule has 96 valence electrons. The summed E-state index contributed by atoms with van der Waals surface area (Å²) >= 11 is 0. The second-order valence-corrected chi connectivity index (χ2v) is 3.87. The van der Waals surface area contributed by atoms with Gasteiger partial charge in [0.1, 0.15) is 11.5 Å². The Morgan fingerprint density at radius 3 is 2.18 bits per heavy atom.